The molecule has 0 aromatic heterocycles. The molecule has 2 aromatic carbocycles. The lowest BCUT2D eigenvalue weighted by Crippen LogP contribution is -2.37. The summed E-state index contributed by atoms with van der Waals surface area (Å²) in [5, 5.41) is 1.21. The SMILES string of the molecule is Cc1ccccc1CCC(Cc1cccc(Cl)c1Cl)NN. The van der Waals surface area contributed by atoms with Crippen LogP contribution in [0.2, 0.25) is 10.0 Å². The fourth-order valence-corrected chi connectivity index (χ4v) is 2.83. The van der Waals surface area contributed by atoms with E-state index in [1.54, 1.807) is 6.07 Å². The van der Waals surface area contributed by atoms with E-state index in [4.69, 9.17) is 29.0 Å². The maximum Gasteiger partial charge on any atom is 0.0624 e. The topological polar surface area (TPSA) is 38.0 Å². The highest BCUT2D eigenvalue weighted by molar-refractivity contribution is 6.42. The Balaban J connectivity index is 2.01. The fourth-order valence-electron chi connectivity index (χ4n) is 2.44. The largest absolute Gasteiger partial charge is 0.271 e. The van der Waals surface area contributed by atoms with E-state index in [1.165, 1.54) is 11.1 Å². The molecule has 2 rings (SSSR count). The number of nitrogens with one attached hydrogen (secondary N) is 1. The fraction of sp³-hybridized carbons (Fsp3) is 0.294. The van der Waals surface area contributed by atoms with E-state index >= 15 is 0 Å². The van der Waals surface area contributed by atoms with Crippen molar-refractivity contribution >= 4 is 23.2 Å². The van der Waals surface area contributed by atoms with Crippen LogP contribution in [0.25, 0.3) is 0 Å². The Morgan fingerprint density at radius 3 is 2.48 bits per heavy atom. The molecular weight excluding hydrogens is 303 g/mol. The molecule has 2 nitrogen and oxygen atoms in total. The van der Waals surface area contributed by atoms with Gasteiger partial charge < -0.3 is 0 Å². The molecule has 21 heavy (non-hydrogen) atoms. The van der Waals surface area contributed by atoms with Crippen LogP contribution in [0.15, 0.2) is 42.5 Å². The van der Waals surface area contributed by atoms with Gasteiger partial charge >= 0.3 is 0 Å². The number of hydrogen-bond donors (Lipinski definition) is 2. The average Bonchev–Trinajstić information content (AvgIpc) is 2.49. The normalized spacial score (nSPS) is 12.4. The molecule has 0 aliphatic carbocycles. The summed E-state index contributed by atoms with van der Waals surface area (Å²) in [6.07, 6.45) is 2.70. The van der Waals surface area contributed by atoms with E-state index < -0.39 is 0 Å². The van der Waals surface area contributed by atoms with Gasteiger partial charge in [-0.15, -0.1) is 0 Å². The molecule has 4 heteroatoms. The van der Waals surface area contributed by atoms with Gasteiger partial charge in [0.1, 0.15) is 0 Å². The number of hydrazine groups is 1. The molecule has 0 aliphatic heterocycles. The molecule has 1 unspecified atom stereocenters. The Hall–Kier alpha value is -1.06. The van der Waals surface area contributed by atoms with Gasteiger partial charge in [0, 0.05) is 6.04 Å². The second-order valence-corrected chi connectivity index (χ2v) is 6.03. The highest BCUT2D eigenvalue weighted by Gasteiger charge is 2.12. The molecule has 0 fully saturated rings. The van der Waals surface area contributed by atoms with Crippen LogP contribution in [-0.4, -0.2) is 6.04 Å². The summed E-state index contributed by atoms with van der Waals surface area (Å²) in [6.45, 7) is 2.13. The summed E-state index contributed by atoms with van der Waals surface area (Å²) >= 11 is 12.3. The summed E-state index contributed by atoms with van der Waals surface area (Å²) in [6, 6.07) is 14.3. The highest BCUT2D eigenvalue weighted by atomic mass is 35.5. The van der Waals surface area contributed by atoms with E-state index in [0.717, 1.165) is 24.8 Å². The molecule has 0 saturated carbocycles. The molecule has 0 amide bonds. The van der Waals surface area contributed by atoms with Gasteiger partial charge in [-0.3, -0.25) is 11.3 Å². The first-order chi connectivity index (χ1) is 10.1. The van der Waals surface area contributed by atoms with Gasteiger partial charge in [0.15, 0.2) is 0 Å². The Morgan fingerprint density at radius 2 is 1.76 bits per heavy atom. The Bertz CT molecular complexity index is 599. The van der Waals surface area contributed by atoms with Crippen LogP contribution in [0.1, 0.15) is 23.1 Å². The maximum atomic E-state index is 6.24. The summed E-state index contributed by atoms with van der Waals surface area (Å²) in [4.78, 5) is 0. The average molecular weight is 323 g/mol. The predicted octanol–water partition coefficient (Wildman–Crippen LogP) is 4.31. The number of benzene rings is 2. The second-order valence-electron chi connectivity index (χ2n) is 5.25. The lowest BCUT2D eigenvalue weighted by Gasteiger charge is -2.17. The minimum Gasteiger partial charge on any atom is -0.271 e. The van der Waals surface area contributed by atoms with Crippen LogP contribution in [0.5, 0.6) is 0 Å². The van der Waals surface area contributed by atoms with Gasteiger partial charge in [-0.2, -0.15) is 0 Å². The smallest absolute Gasteiger partial charge is 0.0624 e. The van der Waals surface area contributed by atoms with E-state index in [-0.39, 0.29) is 6.04 Å². The molecule has 2 aromatic rings. The van der Waals surface area contributed by atoms with E-state index in [9.17, 15) is 0 Å². The molecule has 3 N–H and O–H groups in total. The van der Waals surface area contributed by atoms with Crippen molar-refractivity contribution in [1.82, 2.24) is 5.43 Å². The molecule has 0 aliphatic rings. The summed E-state index contributed by atoms with van der Waals surface area (Å²) in [5.41, 5.74) is 6.58. The summed E-state index contributed by atoms with van der Waals surface area (Å²) < 4.78 is 0. The zero-order valence-corrected chi connectivity index (χ0v) is 13.6. The quantitative estimate of drug-likeness (QED) is 0.614. The van der Waals surface area contributed by atoms with Gasteiger partial charge in [-0.05, 0) is 48.9 Å². The number of nitrogens with two attached hydrogens (primary N) is 1. The van der Waals surface area contributed by atoms with Crippen molar-refractivity contribution in [3.05, 3.63) is 69.2 Å². The van der Waals surface area contributed by atoms with Gasteiger partial charge in [0.2, 0.25) is 0 Å². The summed E-state index contributed by atoms with van der Waals surface area (Å²) in [5.74, 6) is 5.68. The Kier molecular flexibility index (Phi) is 6.07. The van der Waals surface area contributed by atoms with Crippen molar-refractivity contribution in [2.45, 2.75) is 32.2 Å². The molecule has 0 spiro atoms. The molecule has 0 bridgehead atoms. The Morgan fingerprint density at radius 1 is 1.05 bits per heavy atom. The number of halogens is 2. The third-order valence-electron chi connectivity index (χ3n) is 3.76. The third-order valence-corrected chi connectivity index (χ3v) is 4.62. The highest BCUT2D eigenvalue weighted by Crippen LogP contribution is 2.27. The molecule has 1 atom stereocenters. The van der Waals surface area contributed by atoms with Crippen molar-refractivity contribution in [2.75, 3.05) is 0 Å². The minimum atomic E-state index is 0.167. The van der Waals surface area contributed by atoms with E-state index in [1.807, 2.05) is 12.1 Å². The van der Waals surface area contributed by atoms with Crippen LogP contribution in [-0.2, 0) is 12.8 Å². The first-order valence-electron chi connectivity index (χ1n) is 7.05. The molecule has 0 saturated heterocycles. The van der Waals surface area contributed by atoms with Gasteiger partial charge in [0.25, 0.3) is 0 Å². The lowest BCUT2D eigenvalue weighted by atomic mass is 9.97. The zero-order chi connectivity index (χ0) is 15.2. The van der Waals surface area contributed by atoms with Crippen LogP contribution >= 0.6 is 23.2 Å². The first kappa shape index (κ1) is 16.3. The van der Waals surface area contributed by atoms with Crippen molar-refractivity contribution < 1.29 is 0 Å². The van der Waals surface area contributed by atoms with Crippen LogP contribution in [0.3, 0.4) is 0 Å². The van der Waals surface area contributed by atoms with Crippen molar-refractivity contribution in [1.29, 1.82) is 0 Å². The van der Waals surface area contributed by atoms with E-state index in [2.05, 4.69) is 36.6 Å². The number of hydrogen-bond acceptors (Lipinski definition) is 2. The standard InChI is InChI=1S/C17H20Cl2N2/c1-12-5-2-3-6-13(12)9-10-15(21-20)11-14-7-4-8-16(18)17(14)19/h2-8,15,21H,9-11,20H2,1H3. The first-order valence-corrected chi connectivity index (χ1v) is 7.81. The second kappa shape index (κ2) is 7.81. The van der Waals surface area contributed by atoms with Crippen molar-refractivity contribution in [3.63, 3.8) is 0 Å². The zero-order valence-electron chi connectivity index (χ0n) is 12.1. The molecule has 0 radical (unpaired) electrons. The van der Waals surface area contributed by atoms with Gasteiger partial charge in [0.05, 0.1) is 10.0 Å². The van der Waals surface area contributed by atoms with Crippen LogP contribution < -0.4 is 11.3 Å². The maximum absolute atomic E-state index is 6.24. The number of aryl methyl sites for hydroxylation is 2. The number of rotatable bonds is 6. The van der Waals surface area contributed by atoms with Crippen LogP contribution in [0.4, 0.5) is 0 Å². The lowest BCUT2D eigenvalue weighted by molar-refractivity contribution is 0.491. The van der Waals surface area contributed by atoms with Crippen LogP contribution in [0, 0.1) is 6.92 Å². The monoisotopic (exact) mass is 322 g/mol. The van der Waals surface area contributed by atoms with Crippen molar-refractivity contribution in [3.8, 4) is 0 Å². The van der Waals surface area contributed by atoms with Gasteiger partial charge in [-0.25, -0.2) is 0 Å². The molecule has 112 valence electrons. The van der Waals surface area contributed by atoms with Crippen molar-refractivity contribution in [2.24, 2.45) is 5.84 Å². The van der Waals surface area contributed by atoms with Gasteiger partial charge in [-0.1, -0.05) is 59.6 Å². The molecule has 0 heterocycles. The van der Waals surface area contributed by atoms with E-state index in [0.29, 0.717) is 10.0 Å². The molecular formula is C17H20Cl2N2. The minimum absolute atomic E-state index is 0.167. The summed E-state index contributed by atoms with van der Waals surface area (Å²) in [7, 11) is 0. The Labute approximate surface area is 136 Å². The predicted molar refractivity (Wildman–Crippen MR) is 90.8 cm³/mol. The third kappa shape index (κ3) is 4.45.